The van der Waals surface area contributed by atoms with E-state index in [9.17, 15) is 4.79 Å². The molecule has 168 valence electrons. The van der Waals surface area contributed by atoms with Crippen LogP contribution in [0, 0.1) is 0 Å². The third kappa shape index (κ3) is 9.54. The normalized spacial score (nSPS) is 14.1. The highest BCUT2D eigenvalue weighted by Gasteiger charge is 2.31. The third-order valence-corrected chi connectivity index (χ3v) is 4.04. The van der Waals surface area contributed by atoms with E-state index in [1.807, 2.05) is 53.8 Å². The van der Waals surface area contributed by atoms with Gasteiger partial charge in [-0.1, -0.05) is 61.8 Å². The second-order valence-corrected chi connectivity index (χ2v) is 6.05. The fourth-order valence-electron chi connectivity index (χ4n) is 2.38. The molecule has 1 saturated heterocycles. The molecule has 29 heavy (non-hydrogen) atoms. The van der Waals surface area contributed by atoms with E-state index in [0.717, 1.165) is 29.6 Å². The molecule has 0 atom stereocenters. The quantitative estimate of drug-likeness (QED) is 0.680. The van der Waals surface area contributed by atoms with Crippen molar-refractivity contribution < 1.29 is 9.53 Å². The minimum Gasteiger partial charge on any atom is -0.463 e. The summed E-state index contributed by atoms with van der Waals surface area (Å²) in [6.07, 6.45) is 3.02. The average Bonchev–Trinajstić information content (AvgIpc) is 3.32. The Balaban J connectivity index is 0. The summed E-state index contributed by atoms with van der Waals surface area (Å²) in [5.74, 6) is 0.600. The Kier molecular flexibility index (Phi) is 19.9. The molecule has 1 aromatic heterocycles. The number of nitrogens with zero attached hydrogens (tertiary/aromatic N) is 3. The number of rotatable bonds is 3. The first-order valence-corrected chi connectivity index (χ1v) is 11.9. The van der Waals surface area contributed by atoms with Crippen LogP contribution in [0.15, 0.2) is 27.8 Å². The summed E-state index contributed by atoms with van der Waals surface area (Å²) in [6, 6.07) is 0. The van der Waals surface area contributed by atoms with Crippen molar-refractivity contribution >= 4 is 23.1 Å². The van der Waals surface area contributed by atoms with Crippen LogP contribution < -0.4 is 5.32 Å². The van der Waals surface area contributed by atoms with Crippen molar-refractivity contribution in [1.29, 1.82) is 0 Å². The van der Waals surface area contributed by atoms with Gasteiger partial charge in [0.25, 0.3) is 0 Å². The number of nitrogens with one attached hydrogen (secondary N) is 1. The predicted molar refractivity (Wildman–Crippen MR) is 127 cm³/mol. The van der Waals surface area contributed by atoms with Gasteiger partial charge in [0, 0.05) is 36.9 Å². The number of hydrogen-bond donors (Lipinski definition) is 1. The Morgan fingerprint density at radius 2 is 1.79 bits per heavy atom. The molecule has 2 aliphatic heterocycles. The van der Waals surface area contributed by atoms with Crippen LogP contribution in [0.2, 0.25) is 0 Å². The first-order valence-electron chi connectivity index (χ1n) is 11.0. The zero-order valence-corrected chi connectivity index (χ0v) is 20.8. The highest BCUT2D eigenvalue weighted by atomic mass is 32.1. The van der Waals surface area contributed by atoms with E-state index in [1.54, 1.807) is 17.5 Å². The van der Waals surface area contributed by atoms with Crippen molar-refractivity contribution in [1.82, 2.24) is 15.2 Å². The second kappa shape index (κ2) is 19.6. The third-order valence-electron chi connectivity index (χ3n) is 3.27. The molecule has 0 radical (unpaired) electrons. The van der Waals surface area contributed by atoms with Crippen LogP contribution in [0.4, 0.5) is 0 Å². The number of fused-ring (bicyclic) bond motifs is 1. The van der Waals surface area contributed by atoms with Gasteiger partial charge in [0.2, 0.25) is 0 Å². The SMILES string of the molecule is CC.CC.CC.CCC.CCOC(=O)C1=C2CNCCN2C(c2nccs2)=NC1. The Morgan fingerprint density at radius 3 is 2.31 bits per heavy atom. The number of aromatic nitrogens is 1. The van der Waals surface area contributed by atoms with Crippen LogP contribution in [0.25, 0.3) is 0 Å². The molecule has 1 aromatic rings. The number of amidine groups is 1. The van der Waals surface area contributed by atoms with Gasteiger partial charge in [0.15, 0.2) is 10.8 Å². The molecular weight excluding hydrogens is 384 g/mol. The van der Waals surface area contributed by atoms with E-state index < -0.39 is 0 Å². The van der Waals surface area contributed by atoms with E-state index in [4.69, 9.17) is 4.74 Å². The van der Waals surface area contributed by atoms with E-state index >= 15 is 0 Å². The molecule has 0 spiro atoms. The number of thiazole rings is 1. The molecule has 0 bridgehead atoms. The molecule has 3 heterocycles. The molecular formula is C22H42N4O2S. The molecule has 0 saturated carbocycles. The zero-order chi connectivity index (χ0) is 22.7. The number of piperazine rings is 1. The minimum absolute atomic E-state index is 0.266. The van der Waals surface area contributed by atoms with E-state index in [1.165, 1.54) is 6.42 Å². The van der Waals surface area contributed by atoms with Gasteiger partial charge in [-0.05, 0) is 6.92 Å². The number of ether oxygens (including phenoxy) is 1. The molecule has 2 aliphatic rings. The summed E-state index contributed by atoms with van der Waals surface area (Å²) in [5.41, 5.74) is 1.62. The van der Waals surface area contributed by atoms with Crippen molar-refractivity contribution in [3.05, 3.63) is 27.9 Å². The molecule has 0 aliphatic carbocycles. The summed E-state index contributed by atoms with van der Waals surface area (Å²) in [6.45, 7) is 21.1. The molecule has 7 heteroatoms. The van der Waals surface area contributed by atoms with Gasteiger partial charge in [-0.25, -0.2) is 9.78 Å². The smallest absolute Gasteiger partial charge is 0.337 e. The maximum atomic E-state index is 12.0. The van der Waals surface area contributed by atoms with Crippen LogP contribution in [0.5, 0.6) is 0 Å². The van der Waals surface area contributed by atoms with Gasteiger partial charge in [-0.15, -0.1) is 11.3 Å². The molecule has 6 nitrogen and oxygen atoms in total. The highest BCUT2D eigenvalue weighted by Crippen LogP contribution is 2.24. The van der Waals surface area contributed by atoms with E-state index in [2.05, 4.69) is 34.0 Å². The van der Waals surface area contributed by atoms with E-state index in [-0.39, 0.29) is 5.97 Å². The molecule has 0 aromatic carbocycles. The lowest BCUT2D eigenvalue weighted by Gasteiger charge is -2.36. The van der Waals surface area contributed by atoms with Gasteiger partial charge < -0.3 is 15.0 Å². The minimum atomic E-state index is -0.266. The lowest BCUT2D eigenvalue weighted by molar-refractivity contribution is -0.138. The molecule has 3 rings (SSSR count). The molecule has 1 N–H and O–H groups in total. The number of aliphatic imine (C=N–C) groups is 1. The van der Waals surface area contributed by atoms with E-state index in [0.29, 0.717) is 25.3 Å². The number of carbonyl (C=O) groups is 1. The summed E-state index contributed by atoms with van der Waals surface area (Å²) in [4.78, 5) is 23.0. The topological polar surface area (TPSA) is 66.8 Å². The maximum Gasteiger partial charge on any atom is 0.337 e. The Hall–Kier alpha value is -1.73. The van der Waals surface area contributed by atoms with Crippen LogP contribution in [-0.2, 0) is 9.53 Å². The second-order valence-electron chi connectivity index (χ2n) is 5.16. The number of carbonyl (C=O) groups excluding carboxylic acids is 1. The molecule has 0 unspecified atom stereocenters. The van der Waals surface area contributed by atoms with Gasteiger partial charge in [0.05, 0.1) is 18.7 Å². The van der Waals surface area contributed by atoms with Crippen LogP contribution >= 0.6 is 11.3 Å². The maximum absolute atomic E-state index is 12.0. The summed E-state index contributed by atoms with van der Waals surface area (Å²) in [5, 5.41) is 6.13. The van der Waals surface area contributed by atoms with Gasteiger partial charge in [-0.3, -0.25) is 4.99 Å². The van der Waals surface area contributed by atoms with Crippen molar-refractivity contribution in [2.45, 2.75) is 68.7 Å². The predicted octanol–water partition coefficient (Wildman–Crippen LogP) is 5.12. The lowest BCUT2D eigenvalue weighted by atomic mass is 10.1. The first-order chi connectivity index (χ1) is 14.2. The lowest BCUT2D eigenvalue weighted by Crippen LogP contribution is -2.48. The summed E-state index contributed by atoms with van der Waals surface area (Å²) < 4.78 is 5.12. The van der Waals surface area contributed by atoms with Crippen LogP contribution in [-0.4, -0.2) is 54.5 Å². The first kappa shape index (κ1) is 29.5. The van der Waals surface area contributed by atoms with Gasteiger partial charge in [0.1, 0.15) is 0 Å². The van der Waals surface area contributed by atoms with Gasteiger partial charge in [-0.2, -0.15) is 0 Å². The largest absolute Gasteiger partial charge is 0.463 e. The highest BCUT2D eigenvalue weighted by molar-refractivity contribution is 7.11. The van der Waals surface area contributed by atoms with Gasteiger partial charge >= 0.3 is 5.97 Å². The average molecular weight is 427 g/mol. The number of hydrogen-bond acceptors (Lipinski definition) is 7. The zero-order valence-electron chi connectivity index (χ0n) is 20.0. The van der Waals surface area contributed by atoms with Crippen molar-refractivity contribution in [2.75, 3.05) is 32.8 Å². The van der Waals surface area contributed by atoms with Crippen LogP contribution in [0.1, 0.15) is 73.7 Å². The number of esters is 1. The fourth-order valence-corrected chi connectivity index (χ4v) is 3.03. The summed E-state index contributed by atoms with van der Waals surface area (Å²) >= 11 is 1.56. The van der Waals surface area contributed by atoms with Crippen LogP contribution in [0.3, 0.4) is 0 Å². The Labute approximate surface area is 182 Å². The van der Waals surface area contributed by atoms with Crippen molar-refractivity contribution in [2.24, 2.45) is 4.99 Å². The standard InChI is InChI=1S/C13H16N4O2S.C3H8.3C2H6/c1-2-19-13(18)9-7-16-11(12-15-4-6-20-12)17-5-3-14-8-10(9)17;1-3-2;3*1-2/h4,6,14H,2-3,5,7-8H2,1H3;3H2,1-2H3;3*1-2H3. The monoisotopic (exact) mass is 426 g/mol. The Bertz CT molecular complexity index is 584. The molecule has 1 fully saturated rings. The Morgan fingerprint density at radius 1 is 1.17 bits per heavy atom. The van der Waals surface area contributed by atoms with Crippen molar-refractivity contribution in [3.8, 4) is 0 Å². The summed E-state index contributed by atoms with van der Waals surface area (Å²) in [7, 11) is 0. The fraction of sp³-hybridized carbons (Fsp3) is 0.682. The van der Waals surface area contributed by atoms with Crippen molar-refractivity contribution in [3.63, 3.8) is 0 Å². The molecule has 0 amide bonds.